The van der Waals surface area contributed by atoms with Gasteiger partial charge in [-0.1, -0.05) is 19.3 Å². The summed E-state index contributed by atoms with van der Waals surface area (Å²) in [4.78, 5) is 22.9. The van der Waals surface area contributed by atoms with Crippen molar-refractivity contribution in [3.05, 3.63) is 0 Å². The van der Waals surface area contributed by atoms with Crippen LogP contribution < -0.4 is 5.32 Å². The van der Waals surface area contributed by atoms with E-state index >= 15 is 0 Å². The van der Waals surface area contributed by atoms with Gasteiger partial charge in [0.1, 0.15) is 0 Å². The van der Waals surface area contributed by atoms with Crippen LogP contribution in [0.3, 0.4) is 0 Å². The number of carbonyl (C=O) groups excluding carboxylic acids is 1. The maximum Gasteiger partial charge on any atom is 0.307 e. The second-order valence-electron chi connectivity index (χ2n) is 5.55. The fourth-order valence-corrected chi connectivity index (χ4v) is 3.16. The first-order chi connectivity index (χ1) is 9.18. The van der Waals surface area contributed by atoms with Gasteiger partial charge in [-0.15, -0.1) is 0 Å². The van der Waals surface area contributed by atoms with Gasteiger partial charge in [-0.25, -0.2) is 0 Å². The van der Waals surface area contributed by atoms with Gasteiger partial charge in [0.15, 0.2) is 0 Å². The summed E-state index contributed by atoms with van der Waals surface area (Å²) in [6.07, 6.45) is 7.20. The Morgan fingerprint density at radius 1 is 1.05 bits per heavy atom. The number of ether oxygens (including phenoxy) is 1. The highest BCUT2D eigenvalue weighted by Crippen LogP contribution is 2.31. The summed E-state index contributed by atoms with van der Waals surface area (Å²) in [5.74, 6) is -1.83. The highest BCUT2D eigenvalue weighted by atomic mass is 16.5. The monoisotopic (exact) mass is 269 g/mol. The minimum absolute atomic E-state index is 0.125. The molecule has 0 aromatic carbocycles. The molecule has 0 aromatic rings. The number of carbonyl (C=O) groups is 2. The zero-order chi connectivity index (χ0) is 13.7. The molecule has 2 saturated carbocycles. The van der Waals surface area contributed by atoms with E-state index in [1.54, 1.807) is 0 Å². The summed E-state index contributed by atoms with van der Waals surface area (Å²) in [7, 11) is 0. The maximum atomic E-state index is 11.9. The van der Waals surface area contributed by atoms with E-state index in [1.807, 2.05) is 0 Å². The van der Waals surface area contributed by atoms with E-state index in [1.165, 1.54) is 12.8 Å². The number of carboxylic acid groups (broad SMARTS) is 1. The quantitative estimate of drug-likeness (QED) is 0.718. The van der Waals surface area contributed by atoms with Gasteiger partial charge in [0, 0.05) is 6.54 Å². The lowest BCUT2D eigenvalue weighted by atomic mass is 9.95. The Labute approximate surface area is 113 Å². The van der Waals surface area contributed by atoms with Crippen LogP contribution in [0.1, 0.15) is 44.9 Å². The van der Waals surface area contributed by atoms with Gasteiger partial charge in [-0.05, 0) is 25.7 Å². The largest absolute Gasteiger partial charge is 0.481 e. The first-order valence-corrected chi connectivity index (χ1v) is 7.30. The molecule has 1 amide bonds. The van der Waals surface area contributed by atoms with Crippen LogP contribution in [0.5, 0.6) is 0 Å². The summed E-state index contributed by atoms with van der Waals surface area (Å²) >= 11 is 0. The molecule has 0 spiro atoms. The van der Waals surface area contributed by atoms with E-state index in [4.69, 9.17) is 9.84 Å². The van der Waals surface area contributed by atoms with Crippen molar-refractivity contribution in [2.45, 2.75) is 51.0 Å². The summed E-state index contributed by atoms with van der Waals surface area (Å²) in [6.45, 7) is 1.01. The molecule has 0 radical (unpaired) electrons. The molecule has 5 heteroatoms. The van der Waals surface area contributed by atoms with Crippen molar-refractivity contribution in [3.63, 3.8) is 0 Å². The molecule has 2 atom stereocenters. The fraction of sp³-hybridized carbons (Fsp3) is 0.857. The predicted molar refractivity (Wildman–Crippen MR) is 69.7 cm³/mol. The lowest BCUT2D eigenvalue weighted by Crippen LogP contribution is -2.37. The van der Waals surface area contributed by atoms with Crippen LogP contribution in [0.2, 0.25) is 0 Å². The van der Waals surface area contributed by atoms with E-state index in [0.29, 0.717) is 32.1 Å². The summed E-state index contributed by atoms with van der Waals surface area (Å²) in [6, 6.07) is 0. The molecule has 2 aliphatic rings. The van der Waals surface area contributed by atoms with E-state index in [-0.39, 0.29) is 11.8 Å². The first kappa shape index (κ1) is 14.3. The number of nitrogens with one attached hydrogen (secondary N) is 1. The molecule has 108 valence electrons. The Bertz CT molecular complexity index is 325. The van der Waals surface area contributed by atoms with Crippen molar-refractivity contribution in [1.82, 2.24) is 5.32 Å². The number of aliphatic carboxylic acids is 1. The average molecular weight is 269 g/mol. The fourth-order valence-electron chi connectivity index (χ4n) is 3.16. The molecule has 2 fully saturated rings. The Balaban J connectivity index is 1.64. The first-order valence-electron chi connectivity index (χ1n) is 7.30. The van der Waals surface area contributed by atoms with Gasteiger partial charge in [0.05, 0.1) is 24.5 Å². The van der Waals surface area contributed by atoms with Gasteiger partial charge < -0.3 is 15.2 Å². The van der Waals surface area contributed by atoms with Crippen LogP contribution in [0.25, 0.3) is 0 Å². The third-order valence-corrected chi connectivity index (χ3v) is 4.23. The average Bonchev–Trinajstić information content (AvgIpc) is 3.04. The molecule has 0 heterocycles. The molecule has 5 nitrogen and oxygen atoms in total. The van der Waals surface area contributed by atoms with Crippen LogP contribution in [0, 0.1) is 11.8 Å². The van der Waals surface area contributed by atoms with E-state index < -0.39 is 11.9 Å². The van der Waals surface area contributed by atoms with E-state index in [9.17, 15) is 9.59 Å². The van der Waals surface area contributed by atoms with Crippen LogP contribution in [0.15, 0.2) is 0 Å². The smallest absolute Gasteiger partial charge is 0.307 e. The molecule has 0 aliphatic heterocycles. The zero-order valence-corrected chi connectivity index (χ0v) is 11.3. The summed E-state index contributed by atoms with van der Waals surface area (Å²) in [5.41, 5.74) is 0. The van der Waals surface area contributed by atoms with Crippen LogP contribution in [-0.4, -0.2) is 36.2 Å². The zero-order valence-electron chi connectivity index (χ0n) is 11.3. The van der Waals surface area contributed by atoms with Crippen molar-refractivity contribution in [1.29, 1.82) is 0 Å². The van der Waals surface area contributed by atoms with Gasteiger partial charge in [-0.2, -0.15) is 0 Å². The molecule has 19 heavy (non-hydrogen) atoms. The normalized spacial score (nSPS) is 27.6. The SMILES string of the molecule is O=C(O)C1CCCC1C(=O)NCCOC1CCCC1. The van der Waals surface area contributed by atoms with Crippen molar-refractivity contribution in [3.8, 4) is 0 Å². The van der Waals surface area contributed by atoms with Crippen molar-refractivity contribution >= 4 is 11.9 Å². The van der Waals surface area contributed by atoms with E-state index in [2.05, 4.69) is 5.32 Å². The van der Waals surface area contributed by atoms with Crippen LogP contribution in [-0.2, 0) is 14.3 Å². The molecular weight excluding hydrogens is 246 g/mol. The molecule has 2 unspecified atom stereocenters. The lowest BCUT2D eigenvalue weighted by Gasteiger charge is -2.16. The van der Waals surface area contributed by atoms with Gasteiger partial charge >= 0.3 is 5.97 Å². The maximum absolute atomic E-state index is 11.9. The molecule has 2 N–H and O–H groups in total. The van der Waals surface area contributed by atoms with Crippen molar-refractivity contribution < 1.29 is 19.4 Å². The van der Waals surface area contributed by atoms with Gasteiger partial charge in [-0.3, -0.25) is 9.59 Å². The number of hydrogen-bond acceptors (Lipinski definition) is 3. The topological polar surface area (TPSA) is 75.6 Å². The third kappa shape index (κ3) is 3.93. The highest BCUT2D eigenvalue weighted by molar-refractivity contribution is 5.85. The predicted octanol–water partition coefficient (Wildman–Crippen LogP) is 1.56. The molecule has 0 saturated heterocycles. The minimum atomic E-state index is -0.847. The Kier molecular flexibility index (Phi) is 5.19. The standard InChI is InChI=1S/C14H23NO4/c16-13(11-6-3-7-12(11)14(17)18)15-8-9-19-10-4-1-2-5-10/h10-12H,1-9H2,(H,15,16)(H,17,18). The Morgan fingerprint density at radius 3 is 2.42 bits per heavy atom. The molecule has 2 aliphatic carbocycles. The van der Waals surface area contributed by atoms with Gasteiger partial charge in [0.2, 0.25) is 5.91 Å². The second-order valence-corrected chi connectivity index (χ2v) is 5.55. The third-order valence-electron chi connectivity index (χ3n) is 4.23. The molecule has 2 rings (SSSR count). The van der Waals surface area contributed by atoms with E-state index in [0.717, 1.165) is 19.3 Å². The van der Waals surface area contributed by atoms with Crippen molar-refractivity contribution in [2.75, 3.05) is 13.2 Å². The lowest BCUT2D eigenvalue weighted by molar-refractivity contribution is -0.146. The highest BCUT2D eigenvalue weighted by Gasteiger charge is 2.37. The number of hydrogen-bond donors (Lipinski definition) is 2. The molecule has 0 bridgehead atoms. The Morgan fingerprint density at radius 2 is 1.74 bits per heavy atom. The Hall–Kier alpha value is -1.10. The van der Waals surface area contributed by atoms with Crippen LogP contribution in [0.4, 0.5) is 0 Å². The molecule has 0 aromatic heterocycles. The van der Waals surface area contributed by atoms with Crippen LogP contribution >= 0.6 is 0 Å². The number of carboxylic acids is 1. The second kappa shape index (κ2) is 6.89. The summed E-state index contributed by atoms with van der Waals surface area (Å²) < 4.78 is 5.66. The number of rotatable bonds is 6. The van der Waals surface area contributed by atoms with Crippen molar-refractivity contribution in [2.24, 2.45) is 11.8 Å². The summed E-state index contributed by atoms with van der Waals surface area (Å²) in [5, 5.41) is 11.8. The minimum Gasteiger partial charge on any atom is -0.481 e. The van der Waals surface area contributed by atoms with Gasteiger partial charge in [0.25, 0.3) is 0 Å². The molecular formula is C14H23NO4. The number of amides is 1.